The average molecular weight is 341 g/mol. The van der Waals surface area contributed by atoms with Gasteiger partial charge in [-0.15, -0.1) is 0 Å². The van der Waals surface area contributed by atoms with Crippen LogP contribution in [0.5, 0.6) is 0 Å². The molecule has 0 heterocycles. The molecule has 0 saturated heterocycles. The molecule has 2 aromatic rings. The molecule has 130 valence electrons. The van der Waals surface area contributed by atoms with Crippen LogP contribution in [0.4, 0.5) is 21.5 Å². The number of hydrogen-bond acceptors (Lipinski definition) is 3. The summed E-state index contributed by atoms with van der Waals surface area (Å²) >= 11 is 0. The van der Waals surface area contributed by atoms with Crippen molar-refractivity contribution in [2.24, 2.45) is 5.92 Å². The Morgan fingerprint density at radius 3 is 2.40 bits per heavy atom. The Labute approximate surface area is 145 Å². The Morgan fingerprint density at radius 1 is 1.00 bits per heavy atom. The van der Waals surface area contributed by atoms with Crippen molar-refractivity contribution in [3.63, 3.8) is 0 Å². The predicted molar refractivity (Wildman–Crippen MR) is 96.1 cm³/mol. The van der Waals surface area contributed by atoms with Crippen molar-refractivity contribution < 1.29 is 14.0 Å². The third kappa shape index (κ3) is 4.35. The summed E-state index contributed by atoms with van der Waals surface area (Å²) in [6.07, 6.45) is 1.89. The van der Waals surface area contributed by atoms with Crippen LogP contribution < -0.4 is 16.0 Å². The normalized spacial score (nSPS) is 13.2. The Balaban J connectivity index is 1.60. The Kier molecular flexibility index (Phi) is 4.97. The standard InChI is InChI=1S/C19H20FN3O2/c1-12-15(7-4-8-16(12)23-19(25)13-9-10-13)21-11-18(24)22-17-6-3-2-5-14(17)20/h2-8,13,21H,9-11H2,1H3,(H,22,24)(H,23,25). The van der Waals surface area contributed by atoms with E-state index in [4.69, 9.17) is 0 Å². The first-order chi connectivity index (χ1) is 12.0. The summed E-state index contributed by atoms with van der Waals surface area (Å²) in [6, 6.07) is 11.5. The van der Waals surface area contributed by atoms with E-state index in [9.17, 15) is 14.0 Å². The van der Waals surface area contributed by atoms with E-state index in [1.54, 1.807) is 12.1 Å². The molecule has 0 unspecified atom stereocenters. The van der Waals surface area contributed by atoms with Gasteiger partial charge in [0.05, 0.1) is 12.2 Å². The second-order valence-corrected chi connectivity index (χ2v) is 6.12. The Bertz CT molecular complexity index is 803. The van der Waals surface area contributed by atoms with Crippen LogP contribution in [-0.4, -0.2) is 18.4 Å². The number of amides is 2. The van der Waals surface area contributed by atoms with Crippen LogP contribution in [0.1, 0.15) is 18.4 Å². The van der Waals surface area contributed by atoms with E-state index in [1.807, 2.05) is 25.1 Å². The minimum absolute atomic E-state index is 0.00476. The summed E-state index contributed by atoms with van der Waals surface area (Å²) in [5.74, 6) is -0.658. The molecule has 1 fully saturated rings. The van der Waals surface area contributed by atoms with Gasteiger partial charge >= 0.3 is 0 Å². The van der Waals surface area contributed by atoms with Gasteiger partial charge in [-0.3, -0.25) is 9.59 Å². The first-order valence-corrected chi connectivity index (χ1v) is 8.23. The minimum atomic E-state index is -0.475. The molecule has 0 aliphatic heterocycles. The van der Waals surface area contributed by atoms with Gasteiger partial charge in [0.1, 0.15) is 5.82 Å². The maximum atomic E-state index is 13.5. The van der Waals surface area contributed by atoms with Crippen LogP contribution in [0, 0.1) is 18.7 Å². The Hall–Kier alpha value is -2.89. The van der Waals surface area contributed by atoms with Crippen molar-refractivity contribution in [1.29, 1.82) is 0 Å². The second kappa shape index (κ2) is 7.34. The zero-order chi connectivity index (χ0) is 17.8. The topological polar surface area (TPSA) is 70.2 Å². The molecule has 25 heavy (non-hydrogen) atoms. The summed E-state index contributed by atoms with van der Waals surface area (Å²) in [6.45, 7) is 1.87. The van der Waals surface area contributed by atoms with Crippen LogP contribution in [0.15, 0.2) is 42.5 Å². The SMILES string of the molecule is Cc1c(NCC(=O)Nc2ccccc2F)cccc1NC(=O)C1CC1. The number of rotatable bonds is 6. The van der Waals surface area contributed by atoms with E-state index in [2.05, 4.69) is 16.0 Å². The molecule has 0 bridgehead atoms. The summed E-state index contributed by atoms with van der Waals surface area (Å²) < 4.78 is 13.5. The maximum Gasteiger partial charge on any atom is 0.243 e. The highest BCUT2D eigenvalue weighted by molar-refractivity contribution is 5.96. The lowest BCUT2D eigenvalue weighted by molar-refractivity contribution is -0.117. The molecule has 0 spiro atoms. The Morgan fingerprint density at radius 2 is 1.68 bits per heavy atom. The minimum Gasteiger partial charge on any atom is -0.376 e. The quantitative estimate of drug-likeness (QED) is 0.753. The number of nitrogens with one attached hydrogen (secondary N) is 3. The van der Waals surface area contributed by atoms with Crippen molar-refractivity contribution in [3.05, 3.63) is 53.8 Å². The van der Waals surface area contributed by atoms with E-state index < -0.39 is 5.82 Å². The van der Waals surface area contributed by atoms with Gasteiger partial charge in [0, 0.05) is 17.3 Å². The monoisotopic (exact) mass is 341 g/mol. The number of anilines is 3. The fraction of sp³-hybridized carbons (Fsp3) is 0.263. The van der Waals surface area contributed by atoms with Crippen molar-refractivity contribution in [3.8, 4) is 0 Å². The van der Waals surface area contributed by atoms with Gasteiger partial charge in [-0.25, -0.2) is 4.39 Å². The molecule has 0 aromatic heterocycles. The third-order valence-electron chi connectivity index (χ3n) is 4.13. The smallest absolute Gasteiger partial charge is 0.243 e. The summed E-state index contributed by atoms with van der Waals surface area (Å²) in [5.41, 5.74) is 2.49. The molecular formula is C19H20FN3O2. The van der Waals surface area contributed by atoms with Gasteiger partial charge in [-0.2, -0.15) is 0 Å². The number of hydrogen-bond donors (Lipinski definition) is 3. The molecule has 1 aliphatic carbocycles. The molecule has 1 saturated carbocycles. The summed E-state index contributed by atoms with van der Waals surface area (Å²) in [7, 11) is 0. The second-order valence-electron chi connectivity index (χ2n) is 6.12. The van der Waals surface area contributed by atoms with Crippen molar-refractivity contribution in [1.82, 2.24) is 0 Å². The highest BCUT2D eigenvalue weighted by Crippen LogP contribution is 2.31. The first kappa shape index (κ1) is 17.0. The van der Waals surface area contributed by atoms with Crippen molar-refractivity contribution in [2.45, 2.75) is 19.8 Å². The van der Waals surface area contributed by atoms with Crippen LogP contribution in [0.25, 0.3) is 0 Å². The molecule has 0 radical (unpaired) electrons. The molecule has 2 amide bonds. The molecule has 2 aromatic carbocycles. The zero-order valence-electron chi connectivity index (χ0n) is 13.9. The molecule has 5 nitrogen and oxygen atoms in total. The molecule has 0 atom stereocenters. The van der Waals surface area contributed by atoms with Crippen LogP contribution in [0.3, 0.4) is 0 Å². The maximum absolute atomic E-state index is 13.5. The largest absolute Gasteiger partial charge is 0.376 e. The lowest BCUT2D eigenvalue weighted by Gasteiger charge is -2.14. The summed E-state index contributed by atoms with van der Waals surface area (Å²) in [4.78, 5) is 23.9. The molecule has 1 aliphatic rings. The fourth-order valence-corrected chi connectivity index (χ4v) is 2.48. The van der Waals surface area contributed by atoms with Crippen molar-refractivity contribution >= 4 is 28.9 Å². The lowest BCUT2D eigenvalue weighted by Crippen LogP contribution is -2.23. The highest BCUT2D eigenvalue weighted by atomic mass is 19.1. The number of carbonyl (C=O) groups excluding carboxylic acids is 2. The van der Waals surface area contributed by atoms with Crippen LogP contribution in [-0.2, 0) is 9.59 Å². The highest BCUT2D eigenvalue weighted by Gasteiger charge is 2.29. The van der Waals surface area contributed by atoms with Gasteiger partial charge in [-0.1, -0.05) is 18.2 Å². The van der Waals surface area contributed by atoms with Gasteiger partial charge in [0.15, 0.2) is 0 Å². The van der Waals surface area contributed by atoms with Gasteiger partial charge in [0.2, 0.25) is 11.8 Å². The summed E-state index contributed by atoms with van der Waals surface area (Å²) in [5, 5.41) is 8.47. The van der Waals surface area contributed by atoms with Gasteiger partial charge in [0.25, 0.3) is 0 Å². The van der Waals surface area contributed by atoms with E-state index in [-0.39, 0.29) is 30.0 Å². The number of carbonyl (C=O) groups is 2. The third-order valence-corrected chi connectivity index (χ3v) is 4.13. The van der Waals surface area contributed by atoms with E-state index in [1.165, 1.54) is 12.1 Å². The first-order valence-electron chi connectivity index (χ1n) is 8.23. The van der Waals surface area contributed by atoms with E-state index in [0.29, 0.717) is 0 Å². The molecule has 3 N–H and O–H groups in total. The van der Waals surface area contributed by atoms with Gasteiger partial charge < -0.3 is 16.0 Å². The van der Waals surface area contributed by atoms with Crippen LogP contribution >= 0.6 is 0 Å². The van der Waals surface area contributed by atoms with E-state index in [0.717, 1.165) is 29.8 Å². The van der Waals surface area contributed by atoms with E-state index >= 15 is 0 Å². The number of benzene rings is 2. The zero-order valence-corrected chi connectivity index (χ0v) is 13.9. The molecule has 6 heteroatoms. The number of halogens is 1. The number of para-hydroxylation sites is 1. The predicted octanol–water partition coefficient (Wildman–Crippen LogP) is 3.53. The van der Waals surface area contributed by atoms with Crippen LogP contribution in [0.2, 0.25) is 0 Å². The van der Waals surface area contributed by atoms with Gasteiger partial charge in [-0.05, 0) is 49.6 Å². The molecular weight excluding hydrogens is 321 g/mol. The fourth-order valence-electron chi connectivity index (χ4n) is 2.48. The average Bonchev–Trinajstić information content (AvgIpc) is 3.43. The molecule has 3 rings (SSSR count). The van der Waals surface area contributed by atoms with Crippen molar-refractivity contribution in [2.75, 3.05) is 22.5 Å². The lowest BCUT2D eigenvalue weighted by atomic mass is 10.1.